The first-order valence-corrected chi connectivity index (χ1v) is 7.53. The highest BCUT2D eigenvalue weighted by atomic mass is 35.5. The molecule has 0 radical (unpaired) electrons. The van der Waals surface area contributed by atoms with E-state index < -0.39 is 0 Å². The van der Waals surface area contributed by atoms with E-state index >= 15 is 0 Å². The normalized spacial score (nSPS) is 10.2. The van der Waals surface area contributed by atoms with Crippen molar-refractivity contribution in [2.45, 2.75) is 13.3 Å². The van der Waals surface area contributed by atoms with Crippen molar-refractivity contribution in [3.05, 3.63) is 58.7 Å². The Hall–Kier alpha value is -2.40. The largest absolute Gasteiger partial charge is 0.336 e. The van der Waals surface area contributed by atoms with Crippen molar-refractivity contribution in [1.29, 1.82) is 0 Å². The maximum Gasteiger partial charge on any atom is 0.245 e. The van der Waals surface area contributed by atoms with Gasteiger partial charge in [0.05, 0.1) is 13.0 Å². The summed E-state index contributed by atoms with van der Waals surface area (Å²) >= 11 is 5.81. The molecule has 0 aliphatic heterocycles. The number of pyridine rings is 1. The van der Waals surface area contributed by atoms with Crippen LogP contribution >= 0.6 is 11.6 Å². The van der Waals surface area contributed by atoms with Crippen molar-refractivity contribution in [3.8, 4) is 0 Å². The van der Waals surface area contributed by atoms with Crippen LogP contribution in [0.1, 0.15) is 11.1 Å². The predicted molar refractivity (Wildman–Crippen MR) is 90.4 cm³/mol. The number of nitrogens with zero attached hydrogens (tertiary/aromatic N) is 2. The number of aryl methyl sites for hydroxylation is 1. The molecule has 0 spiro atoms. The second-order valence-corrected chi connectivity index (χ2v) is 5.76. The van der Waals surface area contributed by atoms with Crippen molar-refractivity contribution >= 4 is 29.2 Å². The molecule has 1 aromatic heterocycles. The van der Waals surface area contributed by atoms with E-state index in [-0.39, 0.29) is 24.8 Å². The molecule has 1 N–H and O–H groups in total. The van der Waals surface area contributed by atoms with E-state index in [9.17, 15) is 9.59 Å². The van der Waals surface area contributed by atoms with Crippen LogP contribution in [0.25, 0.3) is 0 Å². The van der Waals surface area contributed by atoms with E-state index in [1.807, 2.05) is 13.0 Å². The summed E-state index contributed by atoms with van der Waals surface area (Å²) in [6, 6.07) is 10.6. The highest BCUT2D eigenvalue weighted by molar-refractivity contribution is 6.30. The number of halogens is 1. The van der Waals surface area contributed by atoms with E-state index in [1.165, 1.54) is 4.90 Å². The molecule has 0 aliphatic rings. The van der Waals surface area contributed by atoms with Crippen molar-refractivity contribution < 1.29 is 9.59 Å². The first-order chi connectivity index (χ1) is 10.9. The molecule has 120 valence electrons. The molecule has 6 heteroatoms. The maximum atomic E-state index is 12.1. The standard InChI is InChI=1S/C17H18ClN3O2/c1-12-3-8-15(19-10-12)20-16(22)11-21(2)17(23)9-13-4-6-14(18)7-5-13/h3-8,10H,9,11H2,1-2H3,(H,19,20,22). The Morgan fingerprint density at radius 1 is 1.17 bits per heavy atom. The average Bonchev–Trinajstić information content (AvgIpc) is 2.51. The van der Waals surface area contributed by atoms with Gasteiger partial charge in [-0.2, -0.15) is 0 Å². The zero-order valence-electron chi connectivity index (χ0n) is 13.0. The van der Waals surface area contributed by atoms with Gasteiger partial charge in [0.2, 0.25) is 11.8 Å². The monoisotopic (exact) mass is 331 g/mol. The van der Waals surface area contributed by atoms with Gasteiger partial charge < -0.3 is 10.2 Å². The molecule has 0 fully saturated rings. The third-order valence-electron chi connectivity index (χ3n) is 3.25. The molecule has 0 saturated heterocycles. The summed E-state index contributed by atoms with van der Waals surface area (Å²) in [5.41, 5.74) is 1.87. The summed E-state index contributed by atoms with van der Waals surface area (Å²) in [6.45, 7) is 1.89. The number of rotatable bonds is 5. The predicted octanol–water partition coefficient (Wildman–Crippen LogP) is 2.68. The Bertz CT molecular complexity index is 684. The molecule has 0 aliphatic carbocycles. The van der Waals surface area contributed by atoms with E-state index in [0.717, 1.165) is 11.1 Å². The van der Waals surface area contributed by atoms with Crippen LogP contribution in [-0.2, 0) is 16.0 Å². The zero-order chi connectivity index (χ0) is 16.8. The lowest BCUT2D eigenvalue weighted by Gasteiger charge is -2.16. The van der Waals surface area contributed by atoms with Gasteiger partial charge in [-0.05, 0) is 36.2 Å². The Labute approximate surface area is 140 Å². The number of nitrogens with one attached hydrogen (secondary N) is 1. The third kappa shape index (κ3) is 5.38. The second-order valence-electron chi connectivity index (χ2n) is 5.32. The van der Waals surface area contributed by atoms with Crippen molar-refractivity contribution in [2.24, 2.45) is 0 Å². The highest BCUT2D eigenvalue weighted by Gasteiger charge is 2.14. The number of aromatic nitrogens is 1. The molecular formula is C17H18ClN3O2. The Morgan fingerprint density at radius 2 is 1.87 bits per heavy atom. The lowest BCUT2D eigenvalue weighted by molar-refractivity contribution is -0.132. The van der Waals surface area contributed by atoms with Crippen LogP contribution in [0.5, 0.6) is 0 Å². The third-order valence-corrected chi connectivity index (χ3v) is 3.51. The van der Waals surface area contributed by atoms with Crippen molar-refractivity contribution in [2.75, 3.05) is 18.9 Å². The van der Waals surface area contributed by atoms with Gasteiger partial charge in [-0.25, -0.2) is 4.98 Å². The maximum absolute atomic E-state index is 12.1. The van der Waals surface area contributed by atoms with Crippen LogP contribution in [0.3, 0.4) is 0 Å². The summed E-state index contributed by atoms with van der Waals surface area (Å²) < 4.78 is 0. The zero-order valence-corrected chi connectivity index (χ0v) is 13.8. The molecular weight excluding hydrogens is 314 g/mol. The van der Waals surface area contributed by atoms with Crippen LogP contribution < -0.4 is 5.32 Å². The number of benzene rings is 1. The summed E-state index contributed by atoms with van der Waals surface area (Å²) in [7, 11) is 1.60. The number of anilines is 1. The number of hydrogen-bond acceptors (Lipinski definition) is 3. The smallest absolute Gasteiger partial charge is 0.245 e. The van der Waals surface area contributed by atoms with Crippen LogP contribution in [0.15, 0.2) is 42.6 Å². The highest BCUT2D eigenvalue weighted by Crippen LogP contribution is 2.10. The molecule has 0 unspecified atom stereocenters. The molecule has 0 bridgehead atoms. The van der Waals surface area contributed by atoms with Crippen LogP contribution in [0.4, 0.5) is 5.82 Å². The summed E-state index contributed by atoms with van der Waals surface area (Å²) in [6.07, 6.45) is 1.90. The molecule has 0 atom stereocenters. The number of likely N-dealkylation sites (N-methyl/N-ethyl adjacent to an activating group) is 1. The van der Waals surface area contributed by atoms with Gasteiger partial charge in [-0.1, -0.05) is 29.8 Å². The Kier molecular flexibility index (Phi) is 5.71. The Morgan fingerprint density at radius 3 is 2.48 bits per heavy atom. The van der Waals surface area contributed by atoms with Crippen LogP contribution in [-0.4, -0.2) is 35.3 Å². The van der Waals surface area contributed by atoms with E-state index in [2.05, 4.69) is 10.3 Å². The number of amides is 2. The molecule has 23 heavy (non-hydrogen) atoms. The molecule has 1 aromatic carbocycles. The van der Waals surface area contributed by atoms with Gasteiger partial charge in [0.1, 0.15) is 5.82 Å². The van der Waals surface area contributed by atoms with E-state index in [4.69, 9.17) is 11.6 Å². The fourth-order valence-electron chi connectivity index (χ4n) is 1.94. The van der Waals surface area contributed by atoms with Crippen LogP contribution in [0.2, 0.25) is 5.02 Å². The molecule has 2 amide bonds. The minimum atomic E-state index is -0.284. The number of carbonyl (C=O) groups excluding carboxylic acids is 2. The quantitative estimate of drug-likeness (QED) is 0.916. The van der Waals surface area contributed by atoms with Gasteiger partial charge in [0.25, 0.3) is 0 Å². The van der Waals surface area contributed by atoms with Crippen molar-refractivity contribution in [1.82, 2.24) is 9.88 Å². The summed E-state index contributed by atoms with van der Waals surface area (Å²) in [4.78, 5) is 29.6. The fraction of sp³-hybridized carbons (Fsp3) is 0.235. The molecule has 5 nitrogen and oxygen atoms in total. The topological polar surface area (TPSA) is 62.3 Å². The van der Waals surface area contributed by atoms with E-state index in [0.29, 0.717) is 10.8 Å². The van der Waals surface area contributed by atoms with Crippen molar-refractivity contribution in [3.63, 3.8) is 0 Å². The average molecular weight is 332 g/mol. The Balaban J connectivity index is 1.86. The number of carbonyl (C=O) groups is 2. The minimum Gasteiger partial charge on any atom is -0.336 e. The van der Waals surface area contributed by atoms with Gasteiger partial charge >= 0.3 is 0 Å². The lowest BCUT2D eigenvalue weighted by Crippen LogP contribution is -2.35. The van der Waals surface area contributed by atoms with Gasteiger partial charge in [0.15, 0.2) is 0 Å². The van der Waals surface area contributed by atoms with Gasteiger partial charge in [0, 0.05) is 18.3 Å². The number of hydrogen-bond donors (Lipinski definition) is 1. The van der Waals surface area contributed by atoms with Gasteiger partial charge in [-0.15, -0.1) is 0 Å². The summed E-state index contributed by atoms with van der Waals surface area (Å²) in [5.74, 6) is 0.0480. The van der Waals surface area contributed by atoms with Crippen LogP contribution in [0, 0.1) is 6.92 Å². The molecule has 0 saturated carbocycles. The fourth-order valence-corrected chi connectivity index (χ4v) is 2.07. The second kappa shape index (κ2) is 7.74. The first-order valence-electron chi connectivity index (χ1n) is 7.15. The van der Waals surface area contributed by atoms with Gasteiger partial charge in [-0.3, -0.25) is 9.59 Å². The summed E-state index contributed by atoms with van der Waals surface area (Å²) in [5, 5.41) is 3.29. The lowest BCUT2D eigenvalue weighted by atomic mass is 10.1. The SMILES string of the molecule is Cc1ccc(NC(=O)CN(C)C(=O)Cc2ccc(Cl)cc2)nc1. The molecule has 1 heterocycles. The first kappa shape index (κ1) is 17.0. The van der Waals surface area contributed by atoms with E-state index in [1.54, 1.807) is 43.6 Å². The molecule has 2 rings (SSSR count). The minimum absolute atomic E-state index is 0.0258. The molecule has 2 aromatic rings.